The van der Waals surface area contributed by atoms with Gasteiger partial charge in [-0.05, 0) is 26.0 Å². The molecule has 1 N–H and O–H groups in total. The Hall–Kier alpha value is -1.48. The van der Waals surface area contributed by atoms with Crippen molar-refractivity contribution in [2.75, 3.05) is 20.3 Å². The van der Waals surface area contributed by atoms with Crippen LogP contribution >= 0.6 is 0 Å². The van der Waals surface area contributed by atoms with Crippen LogP contribution in [0.15, 0.2) is 37.1 Å². The molecule has 0 bridgehead atoms. The van der Waals surface area contributed by atoms with Crippen LogP contribution in [0.25, 0.3) is 0 Å². The van der Waals surface area contributed by atoms with Crippen molar-refractivity contribution < 1.29 is 9.47 Å². The lowest BCUT2D eigenvalue weighted by atomic mass is 10.1. The van der Waals surface area contributed by atoms with Crippen LogP contribution in [0.2, 0.25) is 0 Å². The maximum absolute atomic E-state index is 5.33. The molecule has 3 nitrogen and oxygen atoms in total. The molecule has 1 aromatic carbocycles. The van der Waals surface area contributed by atoms with E-state index in [1.54, 1.807) is 7.11 Å². The van der Waals surface area contributed by atoms with Crippen molar-refractivity contribution in [3.63, 3.8) is 0 Å². The van der Waals surface area contributed by atoms with Crippen LogP contribution in [-0.4, -0.2) is 20.3 Å². The molecule has 0 radical (unpaired) electrons. The highest BCUT2D eigenvalue weighted by molar-refractivity contribution is 5.35. The quantitative estimate of drug-likeness (QED) is 0.555. The second-order valence-corrected chi connectivity index (χ2v) is 3.81. The van der Waals surface area contributed by atoms with Crippen LogP contribution in [0, 0.1) is 0 Å². The molecule has 1 unspecified atom stereocenters. The lowest BCUT2D eigenvalue weighted by Crippen LogP contribution is -2.21. The molecule has 0 heterocycles. The smallest absolute Gasteiger partial charge is 0.123 e. The van der Waals surface area contributed by atoms with E-state index in [4.69, 9.17) is 9.47 Å². The maximum Gasteiger partial charge on any atom is 0.123 e. The minimum Gasteiger partial charge on any atom is -0.502 e. The summed E-state index contributed by atoms with van der Waals surface area (Å²) in [5.74, 6) is 0.926. The van der Waals surface area contributed by atoms with Crippen LogP contribution in [0.1, 0.15) is 24.9 Å². The Morgan fingerprint density at radius 1 is 1.41 bits per heavy atom. The first kappa shape index (κ1) is 13.6. The average Bonchev–Trinajstić information content (AvgIpc) is 2.38. The van der Waals surface area contributed by atoms with Crippen LogP contribution in [0.3, 0.4) is 0 Å². The lowest BCUT2D eigenvalue weighted by molar-refractivity contribution is 0.243. The highest BCUT2D eigenvalue weighted by Crippen LogP contribution is 2.23. The third kappa shape index (κ3) is 4.49. The third-order valence-corrected chi connectivity index (χ3v) is 2.61. The van der Waals surface area contributed by atoms with E-state index in [9.17, 15) is 0 Å². The molecule has 0 aliphatic carbocycles. The number of hydrogen-bond acceptors (Lipinski definition) is 3. The Morgan fingerprint density at radius 2 is 2.18 bits per heavy atom. The first-order valence-electron chi connectivity index (χ1n) is 5.88. The number of ether oxygens (including phenoxy) is 2. The molecule has 1 atom stereocenters. The van der Waals surface area contributed by atoms with Gasteiger partial charge in [-0.2, -0.15) is 0 Å². The molecule has 1 aromatic rings. The van der Waals surface area contributed by atoms with E-state index in [1.165, 1.54) is 11.8 Å². The summed E-state index contributed by atoms with van der Waals surface area (Å²) in [6.45, 7) is 7.25. The van der Waals surface area contributed by atoms with Crippen LogP contribution in [-0.2, 0) is 4.74 Å². The van der Waals surface area contributed by atoms with Gasteiger partial charge in [-0.25, -0.2) is 0 Å². The van der Waals surface area contributed by atoms with Crippen molar-refractivity contribution in [1.29, 1.82) is 0 Å². The van der Waals surface area contributed by atoms with Gasteiger partial charge in [0.1, 0.15) is 5.75 Å². The maximum atomic E-state index is 5.33. The van der Waals surface area contributed by atoms with Crippen molar-refractivity contribution in [1.82, 2.24) is 5.32 Å². The van der Waals surface area contributed by atoms with Crippen molar-refractivity contribution in [2.45, 2.75) is 19.4 Å². The summed E-state index contributed by atoms with van der Waals surface area (Å²) in [6, 6.07) is 8.34. The zero-order valence-corrected chi connectivity index (χ0v) is 10.6. The highest BCUT2D eigenvalue weighted by Gasteiger charge is 2.09. The average molecular weight is 235 g/mol. The summed E-state index contributed by atoms with van der Waals surface area (Å²) in [5.41, 5.74) is 1.18. The van der Waals surface area contributed by atoms with E-state index in [0.717, 1.165) is 18.7 Å². The van der Waals surface area contributed by atoms with Crippen LogP contribution < -0.4 is 10.1 Å². The highest BCUT2D eigenvalue weighted by atomic mass is 16.5. The SMILES string of the molecule is C=COCCCNC(C)c1ccccc1OC. The van der Waals surface area contributed by atoms with Gasteiger partial charge in [-0.15, -0.1) is 0 Å². The first-order valence-corrected chi connectivity index (χ1v) is 5.88. The van der Waals surface area contributed by atoms with E-state index in [-0.39, 0.29) is 6.04 Å². The zero-order chi connectivity index (χ0) is 12.5. The molecule has 0 amide bonds. The third-order valence-electron chi connectivity index (χ3n) is 2.61. The molecule has 0 saturated heterocycles. The van der Waals surface area contributed by atoms with Crippen molar-refractivity contribution in [3.05, 3.63) is 42.7 Å². The molecule has 1 rings (SSSR count). The number of nitrogens with one attached hydrogen (secondary N) is 1. The van der Waals surface area contributed by atoms with Crippen LogP contribution in [0.5, 0.6) is 5.75 Å². The van der Waals surface area contributed by atoms with E-state index >= 15 is 0 Å². The van der Waals surface area contributed by atoms with Gasteiger partial charge < -0.3 is 14.8 Å². The topological polar surface area (TPSA) is 30.5 Å². The molecule has 0 spiro atoms. The summed E-state index contributed by atoms with van der Waals surface area (Å²) >= 11 is 0. The Kier molecular flexibility index (Phi) is 6.18. The lowest BCUT2D eigenvalue weighted by Gasteiger charge is -2.17. The predicted octanol–water partition coefficient (Wildman–Crippen LogP) is 2.90. The summed E-state index contributed by atoms with van der Waals surface area (Å²) in [6.07, 6.45) is 2.44. The fourth-order valence-electron chi connectivity index (χ4n) is 1.69. The first-order chi connectivity index (χ1) is 8.29. The number of benzene rings is 1. The van der Waals surface area contributed by atoms with Gasteiger partial charge in [0.2, 0.25) is 0 Å². The Bertz CT molecular complexity index is 339. The molecular weight excluding hydrogens is 214 g/mol. The van der Waals surface area contributed by atoms with Gasteiger partial charge in [0.05, 0.1) is 20.0 Å². The molecule has 0 aliphatic heterocycles. The molecule has 17 heavy (non-hydrogen) atoms. The monoisotopic (exact) mass is 235 g/mol. The summed E-state index contributed by atoms with van der Waals surface area (Å²) in [4.78, 5) is 0. The Morgan fingerprint density at radius 3 is 2.88 bits per heavy atom. The molecule has 0 aliphatic rings. The second-order valence-electron chi connectivity index (χ2n) is 3.81. The number of para-hydroxylation sites is 1. The molecule has 0 aromatic heterocycles. The summed E-state index contributed by atoms with van der Waals surface area (Å²) in [5, 5.41) is 3.44. The van der Waals surface area contributed by atoms with Crippen molar-refractivity contribution >= 4 is 0 Å². The number of rotatable bonds is 8. The molecule has 0 saturated carbocycles. The molecular formula is C14H21NO2. The van der Waals surface area contributed by atoms with Gasteiger partial charge in [0.15, 0.2) is 0 Å². The summed E-state index contributed by atoms with van der Waals surface area (Å²) < 4.78 is 10.4. The van der Waals surface area contributed by atoms with Crippen LogP contribution in [0.4, 0.5) is 0 Å². The van der Waals surface area contributed by atoms with E-state index in [0.29, 0.717) is 6.61 Å². The van der Waals surface area contributed by atoms with Crippen molar-refractivity contribution in [2.24, 2.45) is 0 Å². The van der Waals surface area contributed by atoms with Gasteiger partial charge in [-0.3, -0.25) is 0 Å². The normalized spacial score (nSPS) is 11.9. The van der Waals surface area contributed by atoms with Gasteiger partial charge in [0.25, 0.3) is 0 Å². The fourth-order valence-corrected chi connectivity index (χ4v) is 1.69. The second kappa shape index (κ2) is 7.74. The van der Waals surface area contributed by atoms with E-state index < -0.39 is 0 Å². The Labute approximate surface area is 103 Å². The van der Waals surface area contributed by atoms with E-state index in [2.05, 4.69) is 24.9 Å². The largest absolute Gasteiger partial charge is 0.502 e. The van der Waals surface area contributed by atoms with E-state index in [1.807, 2.05) is 18.2 Å². The van der Waals surface area contributed by atoms with Gasteiger partial charge in [0, 0.05) is 11.6 Å². The minimum atomic E-state index is 0.273. The van der Waals surface area contributed by atoms with Crippen molar-refractivity contribution in [3.8, 4) is 5.75 Å². The standard InChI is InChI=1S/C14H21NO2/c1-4-17-11-7-10-15-12(2)13-8-5-6-9-14(13)16-3/h4-6,8-9,12,15H,1,7,10-11H2,2-3H3. The predicted molar refractivity (Wildman–Crippen MR) is 70.2 cm³/mol. The summed E-state index contributed by atoms with van der Waals surface area (Å²) in [7, 11) is 1.70. The number of methoxy groups -OCH3 is 1. The zero-order valence-electron chi connectivity index (χ0n) is 10.6. The minimum absolute atomic E-state index is 0.273. The molecule has 3 heteroatoms. The van der Waals surface area contributed by atoms with Gasteiger partial charge >= 0.3 is 0 Å². The molecule has 0 fully saturated rings. The Balaban J connectivity index is 2.40. The fraction of sp³-hybridized carbons (Fsp3) is 0.429. The van der Waals surface area contributed by atoms with Gasteiger partial charge in [-0.1, -0.05) is 24.8 Å². The molecule has 94 valence electrons. The number of hydrogen-bond donors (Lipinski definition) is 1.